The van der Waals surface area contributed by atoms with Crippen LogP contribution in [0.2, 0.25) is 5.02 Å². The van der Waals surface area contributed by atoms with Gasteiger partial charge in [0, 0.05) is 47.4 Å². The maximum absolute atomic E-state index is 6.47. The van der Waals surface area contributed by atoms with Crippen LogP contribution in [0, 0.1) is 0 Å². The molecule has 7 heteroatoms. The molecule has 0 aliphatic carbocycles. The van der Waals surface area contributed by atoms with Gasteiger partial charge in [-0.3, -0.25) is 0 Å². The number of piperidine rings is 1. The predicted octanol–water partition coefficient (Wildman–Crippen LogP) is 6.50. The van der Waals surface area contributed by atoms with Gasteiger partial charge in [0.25, 0.3) is 0 Å². The molecule has 1 N–H and O–H groups in total. The van der Waals surface area contributed by atoms with Crippen LogP contribution in [-0.2, 0) is 6.54 Å². The van der Waals surface area contributed by atoms with Crippen molar-refractivity contribution >= 4 is 44.9 Å². The van der Waals surface area contributed by atoms with Crippen LogP contribution in [0.15, 0.2) is 79.3 Å². The first-order valence-corrected chi connectivity index (χ1v) is 12.7. The average molecular weight is 498 g/mol. The molecule has 1 fully saturated rings. The van der Waals surface area contributed by atoms with E-state index >= 15 is 0 Å². The molecule has 6 nitrogen and oxygen atoms in total. The standard InChI is InChI=1S/C29H28ClN5O/c1-34-13-11-24(12-14-34)36-27-7-3-6-25-28(27)29(32-19-31-25)33-23-8-9-26-21(17-23)10-15-35(26)18-20-4-2-5-22(30)16-20/h2-10,15-17,19,24H,11-14,18H2,1H3,(H,31,32,33). The van der Waals surface area contributed by atoms with E-state index in [1.165, 1.54) is 11.1 Å². The Hall–Kier alpha value is -3.61. The number of nitrogens with one attached hydrogen (secondary N) is 1. The van der Waals surface area contributed by atoms with Crippen molar-refractivity contribution in [3.8, 4) is 5.75 Å². The second kappa shape index (κ2) is 9.80. The lowest BCUT2D eigenvalue weighted by Gasteiger charge is -2.29. The van der Waals surface area contributed by atoms with E-state index in [9.17, 15) is 0 Å². The van der Waals surface area contributed by atoms with Gasteiger partial charge in [0.1, 0.15) is 24.0 Å². The van der Waals surface area contributed by atoms with E-state index in [-0.39, 0.29) is 6.10 Å². The lowest BCUT2D eigenvalue weighted by Crippen LogP contribution is -2.35. The molecule has 5 aromatic rings. The highest BCUT2D eigenvalue weighted by Gasteiger charge is 2.20. The molecule has 0 atom stereocenters. The lowest BCUT2D eigenvalue weighted by molar-refractivity contribution is 0.116. The van der Waals surface area contributed by atoms with Gasteiger partial charge < -0.3 is 19.5 Å². The van der Waals surface area contributed by atoms with Crippen LogP contribution in [-0.4, -0.2) is 45.7 Å². The maximum Gasteiger partial charge on any atom is 0.145 e. The van der Waals surface area contributed by atoms with Gasteiger partial charge in [0.15, 0.2) is 0 Å². The molecule has 0 radical (unpaired) electrons. The minimum Gasteiger partial charge on any atom is -0.489 e. The minimum atomic E-state index is 0.204. The van der Waals surface area contributed by atoms with Gasteiger partial charge in [0.05, 0.1) is 10.9 Å². The van der Waals surface area contributed by atoms with Crippen molar-refractivity contribution in [1.82, 2.24) is 19.4 Å². The minimum absolute atomic E-state index is 0.204. The van der Waals surface area contributed by atoms with Gasteiger partial charge in [-0.2, -0.15) is 0 Å². The van der Waals surface area contributed by atoms with Gasteiger partial charge in [-0.1, -0.05) is 29.8 Å². The quantitative estimate of drug-likeness (QED) is 0.290. The first-order chi connectivity index (χ1) is 17.6. The number of rotatable bonds is 6. The molecule has 2 aromatic heterocycles. The van der Waals surface area contributed by atoms with Gasteiger partial charge in [-0.25, -0.2) is 9.97 Å². The highest BCUT2D eigenvalue weighted by Crippen LogP contribution is 2.34. The van der Waals surface area contributed by atoms with Crippen molar-refractivity contribution in [3.05, 3.63) is 89.8 Å². The van der Waals surface area contributed by atoms with Crippen molar-refractivity contribution in [2.24, 2.45) is 0 Å². The third-order valence-electron chi connectivity index (χ3n) is 6.86. The summed E-state index contributed by atoms with van der Waals surface area (Å²) in [5, 5.41) is 6.35. The molecule has 36 heavy (non-hydrogen) atoms. The monoisotopic (exact) mass is 497 g/mol. The highest BCUT2D eigenvalue weighted by atomic mass is 35.5. The van der Waals surface area contributed by atoms with Crippen molar-refractivity contribution in [2.45, 2.75) is 25.5 Å². The van der Waals surface area contributed by atoms with Crippen LogP contribution in [0.25, 0.3) is 21.8 Å². The number of halogens is 1. The van der Waals surface area contributed by atoms with E-state index in [0.29, 0.717) is 0 Å². The zero-order chi connectivity index (χ0) is 24.5. The number of likely N-dealkylation sites (tertiary alicyclic amines) is 1. The number of benzene rings is 3. The van der Waals surface area contributed by atoms with Gasteiger partial charge in [-0.15, -0.1) is 0 Å². The largest absolute Gasteiger partial charge is 0.489 e. The Kier molecular flexibility index (Phi) is 6.21. The fourth-order valence-electron chi connectivity index (χ4n) is 4.94. The van der Waals surface area contributed by atoms with Crippen LogP contribution in [0.1, 0.15) is 18.4 Å². The van der Waals surface area contributed by atoms with Crippen molar-refractivity contribution in [3.63, 3.8) is 0 Å². The van der Waals surface area contributed by atoms with E-state index in [0.717, 1.165) is 71.0 Å². The van der Waals surface area contributed by atoms with Crippen molar-refractivity contribution in [1.29, 1.82) is 0 Å². The molecule has 0 amide bonds. The third-order valence-corrected chi connectivity index (χ3v) is 7.09. The summed E-state index contributed by atoms with van der Waals surface area (Å²) < 4.78 is 8.71. The van der Waals surface area contributed by atoms with Crippen LogP contribution >= 0.6 is 11.6 Å². The number of aromatic nitrogens is 3. The van der Waals surface area contributed by atoms with Gasteiger partial charge in [0.2, 0.25) is 0 Å². The van der Waals surface area contributed by atoms with Crippen LogP contribution in [0.3, 0.4) is 0 Å². The summed E-state index contributed by atoms with van der Waals surface area (Å²) in [6.07, 6.45) is 5.96. The molecule has 1 saturated heterocycles. The first-order valence-electron chi connectivity index (χ1n) is 12.3. The number of fused-ring (bicyclic) bond motifs is 2. The first kappa shape index (κ1) is 22.8. The second-order valence-corrected chi connectivity index (χ2v) is 9.90. The number of hydrogen-bond acceptors (Lipinski definition) is 5. The molecular weight excluding hydrogens is 470 g/mol. The van der Waals surface area contributed by atoms with Crippen LogP contribution < -0.4 is 10.1 Å². The SMILES string of the molecule is CN1CCC(Oc2cccc3ncnc(Nc4ccc5c(ccn5Cc5cccc(Cl)c5)c4)c23)CC1. The molecule has 0 unspecified atom stereocenters. The summed E-state index contributed by atoms with van der Waals surface area (Å²) in [6.45, 7) is 2.87. The summed E-state index contributed by atoms with van der Waals surface area (Å²) in [5.74, 6) is 1.58. The van der Waals surface area contributed by atoms with Crippen LogP contribution in [0.4, 0.5) is 11.5 Å². The molecular formula is C29H28ClN5O. The van der Waals surface area contributed by atoms with Crippen molar-refractivity contribution in [2.75, 3.05) is 25.5 Å². The summed E-state index contributed by atoms with van der Waals surface area (Å²) in [5.41, 5.74) is 4.18. The number of hydrogen-bond donors (Lipinski definition) is 1. The molecule has 6 rings (SSSR count). The Morgan fingerprint density at radius 1 is 1.00 bits per heavy atom. The lowest BCUT2D eigenvalue weighted by atomic mass is 10.1. The third kappa shape index (κ3) is 4.74. The molecule has 3 aromatic carbocycles. The predicted molar refractivity (Wildman–Crippen MR) is 146 cm³/mol. The van der Waals surface area contributed by atoms with E-state index in [1.807, 2.05) is 36.4 Å². The summed E-state index contributed by atoms with van der Waals surface area (Å²) in [7, 11) is 2.16. The summed E-state index contributed by atoms with van der Waals surface area (Å²) in [6, 6.07) is 22.5. The van der Waals surface area contributed by atoms with Crippen LogP contribution in [0.5, 0.6) is 5.75 Å². The summed E-state index contributed by atoms with van der Waals surface area (Å²) in [4.78, 5) is 11.4. The number of ether oxygens (including phenoxy) is 1. The van der Waals surface area contributed by atoms with E-state index in [4.69, 9.17) is 16.3 Å². The normalized spacial score (nSPS) is 14.9. The number of anilines is 2. The number of nitrogens with zero attached hydrogens (tertiary/aromatic N) is 4. The zero-order valence-electron chi connectivity index (χ0n) is 20.2. The van der Waals surface area contributed by atoms with E-state index in [1.54, 1.807) is 6.33 Å². The van der Waals surface area contributed by atoms with E-state index in [2.05, 4.69) is 68.3 Å². The van der Waals surface area contributed by atoms with Gasteiger partial charge >= 0.3 is 0 Å². The fourth-order valence-corrected chi connectivity index (χ4v) is 5.15. The molecule has 1 aliphatic rings. The Bertz CT molecular complexity index is 1520. The van der Waals surface area contributed by atoms with Crippen molar-refractivity contribution < 1.29 is 4.74 Å². The Morgan fingerprint density at radius 3 is 2.72 bits per heavy atom. The van der Waals surface area contributed by atoms with Gasteiger partial charge in [-0.05, 0) is 74.0 Å². The molecule has 182 valence electrons. The van der Waals surface area contributed by atoms with E-state index < -0.39 is 0 Å². The topological polar surface area (TPSA) is 55.2 Å². The Balaban J connectivity index is 1.28. The smallest absolute Gasteiger partial charge is 0.145 e. The Labute approximate surface area is 215 Å². The molecule has 1 aliphatic heterocycles. The maximum atomic E-state index is 6.47. The molecule has 0 bridgehead atoms. The zero-order valence-corrected chi connectivity index (χ0v) is 20.9. The molecule has 3 heterocycles. The molecule has 0 saturated carbocycles. The highest BCUT2D eigenvalue weighted by molar-refractivity contribution is 6.30. The second-order valence-electron chi connectivity index (χ2n) is 9.47. The molecule has 0 spiro atoms. The fraction of sp³-hybridized carbons (Fsp3) is 0.241. The Morgan fingerprint density at radius 2 is 1.86 bits per heavy atom. The summed E-state index contributed by atoms with van der Waals surface area (Å²) >= 11 is 6.18. The average Bonchev–Trinajstić information content (AvgIpc) is 3.27.